The highest BCUT2D eigenvalue weighted by Gasteiger charge is 2.58. The lowest BCUT2D eigenvalue weighted by Crippen LogP contribution is -2.44. The molecule has 1 N–H and O–H groups in total. The standard InChI is InChI=1S/C30H33NO4S/c1-18-11-13-20(14-12-18)28(33)25-24(22-10-7-15-36-22)27(29(34)35)31(23(32)17-30(3,4)5)26(25)21-9-6-8-19(2)16-21/h6-16,24-27H,17H2,1-5H3,(H,34,35). The molecule has 1 aliphatic heterocycles. The number of amides is 1. The van der Waals surface area contributed by atoms with Crippen molar-refractivity contribution in [3.05, 3.63) is 93.2 Å². The Morgan fingerprint density at radius 2 is 1.64 bits per heavy atom. The zero-order valence-corrected chi connectivity index (χ0v) is 22.2. The van der Waals surface area contributed by atoms with E-state index in [1.165, 1.54) is 16.2 Å². The summed E-state index contributed by atoms with van der Waals surface area (Å²) in [4.78, 5) is 43.3. The van der Waals surface area contributed by atoms with E-state index in [2.05, 4.69) is 0 Å². The number of likely N-dealkylation sites (tertiary alicyclic amines) is 1. The van der Waals surface area contributed by atoms with Gasteiger partial charge in [-0.1, -0.05) is 86.5 Å². The first-order valence-corrected chi connectivity index (χ1v) is 13.1. The summed E-state index contributed by atoms with van der Waals surface area (Å²) >= 11 is 1.43. The van der Waals surface area contributed by atoms with Gasteiger partial charge in [-0.05, 0) is 36.3 Å². The molecule has 3 aromatic rings. The van der Waals surface area contributed by atoms with Crippen LogP contribution in [0, 0.1) is 25.2 Å². The van der Waals surface area contributed by atoms with E-state index < -0.39 is 29.9 Å². The third-order valence-corrected chi connectivity index (χ3v) is 7.76. The fraction of sp³-hybridized carbons (Fsp3) is 0.367. The van der Waals surface area contributed by atoms with Crippen molar-refractivity contribution in [2.45, 2.75) is 59.0 Å². The van der Waals surface area contributed by atoms with Gasteiger partial charge in [-0.2, -0.15) is 0 Å². The van der Waals surface area contributed by atoms with Crippen molar-refractivity contribution < 1.29 is 19.5 Å². The molecule has 2 heterocycles. The topological polar surface area (TPSA) is 74.7 Å². The summed E-state index contributed by atoms with van der Waals surface area (Å²) in [5.41, 5.74) is 3.00. The van der Waals surface area contributed by atoms with E-state index in [9.17, 15) is 19.5 Å². The first-order chi connectivity index (χ1) is 17.0. The van der Waals surface area contributed by atoms with Gasteiger partial charge in [-0.3, -0.25) is 9.59 Å². The first-order valence-electron chi connectivity index (χ1n) is 12.2. The average molecular weight is 504 g/mol. The van der Waals surface area contributed by atoms with E-state index in [-0.39, 0.29) is 23.5 Å². The van der Waals surface area contributed by atoms with Crippen LogP contribution in [-0.2, 0) is 9.59 Å². The maximum atomic E-state index is 14.2. The molecule has 1 saturated heterocycles. The number of benzene rings is 2. The summed E-state index contributed by atoms with van der Waals surface area (Å²) in [6.07, 6.45) is 0.182. The molecule has 1 aliphatic rings. The number of rotatable bonds is 6. The number of ketones is 1. The van der Waals surface area contributed by atoms with Crippen molar-refractivity contribution in [2.24, 2.45) is 11.3 Å². The normalized spacial score (nSPS) is 22.0. The zero-order valence-electron chi connectivity index (χ0n) is 21.4. The summed E-state index contributed by atoms with van der Waals surface area (Å²) in [5.74, 6) is -2.88. The molecule has 36 heavy (non-hydrogen) atoms. The molecular formula is C30H33NO4S. The molecular weight excluding hydrogens is 470 g/mol. The number of aliphatic carboxylic acids is 1. The second-order valence-electron chi connectivity index (χ2n) is 11.0. The van der Waals surface area contributed by atoms with Crippen molar-refractivity contribution >= 4 is 29.0 Å². The van der Waals surface area contributed by atoms with Crippen molar-refractivity contribution in [1.82, 2.24) is 4.90 Å². The van der Waals surface area contributed by atoms with Crippen molar-refractivity contribution in [1.29, 1.82) is 0 Å². The molecule has 0 radical (unpaired) electrons. The smallest absolute Gasteiger partial charge is 0.327 e. The largest absolute Gasteiger partial charge is 0.480 e. The molecule has 4 rings (SSSR count). The quantitative estimate of drug-likeness (QED) is 0.394. The Balaban J connectivity index is 1.96. The van der Waals surface area contributed by atoms with Gasteiger partial charge in [0.1, 0.15) is 6.04 Å². The Kier molecular flexibility index (Phi) is 7.19. The Hall–Kier alpha value is -3.25. The highest BCUT2D eigenvalue weighted by Crippen LogP contribution is 2.52. The van der Waals surface area contributed by atoms with Crippen LogP contribution in [-0.4, -0.2) is 33.7 Å². The van der Waals surface area contributed by atoms with E-state index in [4.69, 9.17) is 0 Å². The Labute approximate surface area is 216 Å². The third-order valence-electron chi connectivity index (χ3n) is 6.78. The molecule has 5 nitrogen and oxygen atoms in total. The van der Waals surface area contributed by atoms with Gasteiger partial charge in [0, 0.05) is 22.8 Å². The number of hydrogen-bond acceptors (Lipinski definition) is 4. The highest BCUT2D eigenvalue weighted by atomic mass is 32.1. The lowest BCUT2D eigenvalue weighted by molar-refractivity contribution is -0.151. The predicted octanol–water partition coefficient (Wildman–Crippen LogP) is 6.42. The average Bonchev–Trinajstić information content (AvgIpc) is 3.44. The van der Waals surface area contributed by atoms with E-state index in [1.807, 2.05) is 88.5 Å². The van der Waals surface area contributed by atoms with Gasteiger partial charge < -0.3 is 10.0 Å². The zero-order chi connectivity index (χ0) is 26.2. The van der Waals surface area contributed by atoms with Gasteiger partial charge in [-0.25, -0.2) is 4.79 Å². The first kappa shape index (κ1) is 25.8. The molecule has 2 aromatic carbocycles. The molecule has 0 saturated carbocycles. The van der Waals surface area contributed by atoms with Crippen LogP contribution in [0.4, 0.5) is 0 Å². The van der Waals surface area contributed by atoms with Crippen LogP contribution < -0.4 is 0 Å². The molecule has 0 spiro atoms. The second-order valence-corrected chi connectivity index (χ2v) is 12.0. The number of carboxylic acid groups (broad SMARTS) is 1. The minimum Gasteiger partial charge on any atom is -0.480 e. The van der Waals surface area contributed by atoms with E-state index in [0.29, 0.717) is 5.56 Å². The molecule has 6 heteroatoms. The molecule has 1 aromatic heterocycles. The van der Waals surface area contributed by atoms with Crippen LogP contribution in [0.25, 0.3) is 0 Å². The number of aryl methyl sites for hydroxylation is 2. The van der Waals surface area contributed by atoms with Gasteiger partial charge in [0.05, 0.1) is 12.0 Å². The summed E-state index contributed by atoms with van der Waals surface area (Å²) in [6, 6.07) is 17.0. The van der Waals surface area contributed by atoms with Crippen molar-refractivity contribution in [3.63, 3.8) is 0 Å². The number of hydrogen-bond donors (Lipinski definition) is 1. The molecule has 1 fully saturated rings. The summed E-state index contributed by atoms with van der Waals surface area (Å²) in [7, 11) is 0. The van der Waals surface area contributed by atoms with E-state index >= 15 is 0 Å². The SMILES string of the molecule is Cc1ccc(C(=O)C2C(c3cccs3)C(C(=O)O)N(C(=O)CC(C)(C)C)C2c2cccc(C)c2)cc1. The maximum absolute atomic E-state index is 14.2. The van der Waals surface area contributed by atoms with Gasteiger partial charge in [0.15, 0.2) is 5.78 Å². The van der Waals surface area contributed by atoms with Crippen LogP contribution in [0.15, 0.2) is 66.0 Å². The highest BCUT2D eigenvalue weighted by molar-refractivity contribution is 7.10. The van der Waals surface area contributed by atoms with Crippen LogP contribution in [0.1, 0.15) is 71.1 Å². The monoisotopic (exact) mass is 503 g/mol. The second kappa shape index (κ2) is 10.0. The number of carboxylic acids is 1. The van der Waals surface area contributed by atoms with Gasteiger partial charge in [-0.15, -0.1) is 11.3 Å². The summed E-state index contributed by atoms with van der Waals surface area (Å²) in [6.45, 7) is 9.81. The Morgan fingerprint density at radius 1 is 0.944 bits per heavy atom. The Bertz CT molecular complexity index is 1260. The number of carbonyl (C=O) groups is 3. The van der Waals surface area contributed by atoms with E-state index in [1.54, 1.807) is 12.1 Å². The minimum absolute atomic E-state index is 0.141. The fourth-order valence-electron chi connectivity index (χ4n) is 5.29. The van der Waals surface area contributed by atoms with E-state index in [0.717, 1.165) is 21.6 Å². The fourth-order valence-corrected chi connectivity index (χ4v) is 6.20. The molecule has 1 amide bonds. The van der Waals surface area contributed by atoms with Gasteiger partial charge in [0.25, 0.3) is 0 Å². The lowest BCUT2D eigenvalue weighted by atomic mass is 9.78. The number of carbonyl (C=O) groups excluding carboxylic acids is 2. The van der Waals surface area contributed by atoms with Gasteiger partial charge >= 0.3 is 5.97 Å². The molecule has 0 aliphatic carbocycles. The molecule has 188 valence electrons. The summed E-state index contributed by atoms with van der Waals surface area (Å²) < 4.78 is 0. The number of thiophene rings is 1. The third kappa shape index (κ3) is 5.14. The van der Waals surface area contributed by atoms with Crippen molar-refractivity contribution in [3.8, 4) is 0 Å². The minimum atomic E-state index is -1.15. The van der Waals surface area contributed by atoms with Gasteiger partial charge in [0.2, 0.25) is 5.91 Å². The Morgan fingerprint density at radius 3 is 2.19 bits per heavy atom. The maximum Gasteiger partial charge on any atom is 0.327 e. The number of Topliss-reactive ketones (excluding diaryl/α,β-unsaturated/α-hetero) is 1. The predicted molar refractivity (Wildman–Crippen MR) is 142 cm³/mol. The molecule has 0 bridgehead atoms. The number of nitrogens with zero attached hydrogens (tertiary/aromatic N) is 1. The molecule has 4 atom stereocenters. The molecule has 4 unspecified atom stereocenters. The lowest BCUT2D eigenvalue weighted by Gasteiger charge is -2.32. The van der Waals surface area contributed by atoms with Crippen LogP contribution in [0.3, 0.4) is 0 Å². The van der Waals surface area contributed by atoms with Crippen LogP contribution >= 0.6 is 11.3 Å². The van der Waals surface area contributed by atoms with Crippen molar-refractivity contribution in [2.75, 3.05) is 0 Å². The summed E-state index contributed by atoms with van der Waals surface area (Å²) in [5, 5.41) is 12.4. The van der Waals surface area contributed by atoms with Crippen LogP contribution in [0.5, 0.6) is 0 Å². The van der Waals surface area contributed by atoms with Crippen LogP contribution in [0.2, 0.25) is 0 Å².